The van der Waals surface area contributed by atoms with Gasteiger partial charge in [0.05, 0.1) is 0 Å². The largest absolute Gasteiger partial charge is 0.507 e. The van der Waals surface area contributed by atoms with E-state index in [9.17, 15) is 9.90 Å². The van der Waals surface area contributed by atoms with Crippen LogP contribution in [0.2, 0.25) is 0 Å². The normalized spacial score (nSPS) is 21.4. The van der Waals surface area contributed by atoms with E-state index in [0.29, 0.717) is 11.5 Å². The zero-order valence-corrected chi connectivity index (χ0v) is 22.2. The number of Topliss-reactive ketones (excluding diaryl/α,β-unsaturated/α-hetero) is 1. The molecule has 0 amide bonds. The first-order valence-electron chi connectivity index (χ1n) is 11.8. The quantitative estimate of drug-likeness (QED) is 0.493. The van der Waals surface area contributed by atoms with E-state index >= 15 is 0 Å². The van der Waals surface area contributed by atoms with E-state index in [0.717, 1.165) is 29.5 Å². The monoisotopic (exact) mass is 426 g/mol. The highest BCUT2D eigenvalue weighted by Crippen LogP contribution is 2.47. The summed E-state index contributed by atoms with van der Waals surface area (Å²) in [6, 6.07) is 4.29. The van der Waals surface area contributed by atoms with Gasteiger partial charge in [-0.15, -0.1) is 0 Å². The smallest absolute Gasteiger partial charge is 0.140 e. The Morgan fingerprint density at radius 2 is 1.10 bits per heavy atom. The number of hydrogen-bond acceptors (Lipinski definition) is 2. The molecule has 0 aromatic heterocycles. The molecule has 0 bridgehead atoms. The first kappa shape index (κ1) is 25.7. The molecule has 0 heterocycles. The van der Waals surface area contributed by atoms with Gasteiger partial charge in [-0.05, 0) is 52.2 Å². The van der Waals surface area contributed by atoms with Gasteiger partial charge in [0.2, 0.25) is 0 Å². The molecule has 1 aliphatic rings. The summed E-state index contributed by atoms with van der Waals surface area (Å²) < 4.78 is 0. The van der Waals surface area contributed by atoms with E-state index in [1.54, 1.807) is 0 Å². The Labute approximate surface area is 191 Å². The predicted octanol–water partition coefficient (Wildman–Crippen LogP) is 8.06. The van der Waals surface area contributed by atoms with Gasteiger partial charge in [-0.25, -0.2) is 0 Å². The number of phenolic OH excluding ortho intramolecular Hbond substituents is 1. The number of ketones is 1. The molecule has 0 radical (unpaired) electrons. The summed E-state index contributed by atoms with van der Waals surface area (Å²) in [6.45, 7) is 26.0. The minimum atomic E-state index is -0.150. The van der Waals surface area contributed by atoms with Gasteiger partial charge in [0.15, 0.2) is 0 Å². The van der Waals surface area contributed by atoms with E-state index in [1.165, 1.54) is 5.57 Å². The van der Waals surface area contributed by atoms with E-state index in [1.807, 2.05) is 0 Å². The Balaban J connectivity index is 2.65. The van der Waals surface area contributed by atoms with Gasteiger partial charge in [0.1, 0.15) is 11.5 Å². The molecule has 0 spiro atoms. The van der Waals surface area contributed by atoms with Crippen LogP contribution in [0.3, 0.4) is 0 Å². The summed E-state index contributed by atoms with van der Waals surface area (Å²) in [5.41, 5.74) is 4.05. The van der Waals surface area contributed by atoms with Crippen LogP contribution >= 0.6 is 0 Å². The lowest BCUT2D eigenvalue weighted by Crippen LogP contribution is -2.42. The average molecular weight is 427 g/mol. The van der Waals surface area contributed by atoms with Crippen LogP contribution in [0, 0.1) is 22.7 Å². The molecule has 2 rings (SSSR count). The van der Waals surface area contributed by atoms with Crippen molar-refractivity contribution in [3.05, 3.63) is 34.4 Å². The third kappa shape index (κ3) is 5.82. The zero-order valence-electron chi connectivity index (χ0n) is 22.2. The van der Waals surface area contributed by atoms with Gasteiger partial charge < -0.3 is 5.11 Å². The van der Waals surface area contributed by atoms with Gasteiger partial charge >= 0.3 is 0 Å². The lowest BCUT2D eigenvalue weighted by Gasteiger charge is -2.42. The van der Waals surface area contributed by atoms with Crippen LogP contribution in [-0.2, 0) is 15.6 Å². The molecule has 1 fully saturated rings. The molecule has 1 aromatic carbocycles. The highest BCUT2D eigenvalue weighted by Gasteiger charge is 2.44. The van der Waals surface area contributed by atoms with Crippen molar-refractivity contribution in [3.63, 3.8) is 0 Å². The Hall–Kier alpha value is -1.57. The number of allylic oxidation sites excluding steroid dienone is 1. The molecular weight excluding hydrogens is 380 g/mol. The average Bonchev–Trinajstić information content (AvgIpc) is 2.53. The minimum absolute atomic E-state index is 0.0398. The van der Waals surface area contributed by atoms with Crippen molar-refractivity contribution in [3.8, 4) is 5.75 Å². The summed E-state index contributed by atoms with van der Waals surface area (Å²) in [5, 5.41) is 11.1. The summed E-state index contributed by atoms with van der Waals surface area (Å²) in [5.74, 6) is 0.922. The first-order valence-corrected chi connectivity index (χ1v) is 11.8. The second-order valence-electron chi connectivity index (χ2n) is 13.9. The molecular formula is C29H46O2. The molecule has 0 saturated heterocycles. The molecule has 2 heteroatoms. The van der Waals surface area contributed by atoms with Crippen LogP contribution in [0.25, 0.3) is 6.08 Å². The number of carbonyl (C=O) groups excluding carboxylic acids is 1. The standard InChI is InChI=1S/C29H46O2/c1-26(2,3)20-14-18(15-21(24(20)30)27(4,5)6)13-19-16-22(28(7,8)9)25(31)23(17-19)29(10,11)12/h13-15,22-23,30H,16-17H2,1-12H3. The third-order valence-electron chi connectivity index (χ3n) is 6.83. The molecule has 1 aliphatic carbocycles. The fraction of sp³-hybridized carbons (Fsp3) is 0.690. The number of hydrogen-bond donors (Lipinski definition) is 1. The van der Waals surface area contributed by atoms with E-state index in [2.05, 4.69) is 101 Å². The minimum Gasteiger partial charge on any atom is -0.507 e. The van der Waals surface area contributed by atoms with Crippen molar-refractivity contribution in [2.45, 2.75) is 107 Å². The van der Waals surface area contributed by atoms with Crippen LogP contribution in [0.4, 0.5) is 0 Å². The Morgan fingerprint density at radius 1 is 0.742 bits per heavy atom. The number of aromatic hydroxyl groups is 1. The summed E-state index contributed by atoms with van der Waals surface area (Å²) in [4.78, 5) is 13.4. The van der Waals surface area contributed by atoms with Gasteiger partial charge in [-0.2, -0.15) is 0 Å². The Morgan fingerprint density at radius 3 is 1.39 bits per heavy atom. The molecule has 1 saturated carbocycles. The topological polar surface area (TPSA) is 37.3 Å². The molecule has 0 aliphatic heterocycles. The second kappa shape index (κ2) is 8.09. The van der Waals surface area contributed by atoms with Crippen LogP contribution in [-0.4, -0.2) is 10.9 Å². The van der Waals surface area contributed by atoms with Crippen LogP contribution < -0.4 is 0 Å². The maximum absolute atomic E-state index is 13.4. The zero-order chi connectivity index (χ0) is 24.2. The third-order valence-corrected chi connectivity index (χ3v) is 6.83. The van der Waals surface area contributed by atoms with Crippen molar-refractivity contribution in [2.75, 3.05) is 0 Å². The van der Waals surface area contributed by atoms with E-state index in [-0.39, 0.29) is 33.5 Å². The maximum Gasteiger partial charge on any atom is 0.140 e. The molecule has 2 atom stereocenters. The van der Waals surface area contributed by atoms with Gasteiger partial charge in [-0.3, -0.25) is 4.79 Å². The fourth-order valence-corrected chi connectivity index (χ4v) is 4.75. The highest BCUT2D eigenvalue weighted by atomic mass is 16.3. The molecule has 2 nitrogen and oxygen atoms in total. The highest BCUT2D eigenvalue weighted by molar-refractivity contribution is 5.87. The number of benzene rings is 1. The second-order valence-corrected chi connectivity index (χ2v) is 13.9. The number of phenols is 1. The lowest BCUT2D eigenvalue weighted by molar-refractivity contribution is -0.135. The molecule has 1 N–H and O–H groups in total. The number of carbonyl (C=O) groups is 1. The van der Waals surface area contributed by atoms with Crippen molar-refractivity contribution >= 4 is 11.9 Å². The molecule has 1 aromatic rings. The fourth-order valence-electron chi connectivity index (χ4n) is 4.75. The van der Waals surface area contributed by atoms with Crippen molar-refractivity contribution in [1.29, 1.82) is 0 Å². The van der Waals surface area contributed by atoms with Gasteiger partial charge in [-0.1, -0.05) is 94.7 Å². The lowest BCUT2D eigenvalue weighted by atomic mass is 9.61. The van der Waals surface area contributed by atoms with Crippen LogP contribution in [0.15, 0.2) is 17.7 Å². The summed E-state index contributed by atoms with van der Waals surface area (Å²) in [7, 11) is 0. The molecule has 31 heavy (non-hydrogen) atoms. The molecule has 2 unspecified atom stereocenters. The van der Waals surface area contributed by atoms with Crippen LogP contribution in [0.5, 0.6) is 5.75 Å². The maximum atomic E-state index is 13.4. The van der Waals surface area contributed by atoms with Crippen molar-refractivity contribution in [2.24, 2.45) is 22.7 Å². The van der Waals surface area contributed by atoms with Gasteiger partial charge in [0, 0.05) is 23.0 Å². The number of rotatable bonds is 1. The van der Waals surface area contributed by atoms with Crippen molar-refractivity contribution < 1.29 is 9.90 Å². The van der Waals surface area contributed by atoms with E-state index in [4.69, 9.17) is 0 Å². The SMILES string of the molecule is CC(C)(C)c1cc(C=C2CC(C(C)(C)C)C(=O)C(C(C)(C)C)C2)cc(C(C)(C)C)c1O. The molecule has 174 valence electrons. The first-order chi connectivity index (χ1) is 13.7. The Bertz CT molecular complexity index is 795. The van der Waals surface area contributed by atoms with Gasteiger partial charge in [0.25, 0.3) is 0 Å². The Kier molecular flexibility index (Phi) is 6.70. The van der Waals surface area contributed by atoms with E-state index < -0.39 is 0 Å². The summed E-state index contributed by atoms with van der Waals surface area (Å²) in [6.07, 6.45) is 3.95. The summed E-state index contributed by atoms with van der Waals surface area (Å²) >= 11 is 0. The van der Waals surface area contributed by atoms with Crippen molar-refractivity contribution in [1.82, 2.24) is 0 Å². The predicted molar refractivity (Wildman–Crippen MR) is 134 cm³/mol. The van der Waals surface area contributed by atoms with Crippen LogP contribution in [0.1, 0.15) is 113 Å².